The van der Waals surface area contributed by atoms with E-state index in [2.05, 4.69) is 5.32 Å². The highest BCUT2D eigenvalue weighted by molar-refractivity contribution is 6.31. The topological polar surface area (TPSA) is 42.8 Å². The summed E-state index contributed by atoms with van der Waals surface area (Å²) in [7, 11) is 3.32. The fourth-order valence-electron chi connectivity index (χ4n) is 2.38. The fourth-order valence-corrected chi connectivity index (χ4v) is 2.78. The molecule has 0 heterocycles. The van der Waals surface area contributed by atoms with E-state index in [0.29, 0.717) is 27.0 Å². The van der Waals surface area contributed by atoms with Crippen LogP contribution in [0.25, 0.3) is 0 Å². The third kappa shape index (κ3) is 4.84. The Balaban J connectivity index is 2.10. The molecule has 134 valence electrons. The van der Waals surface area contributed by atoms with Gasteiger partial charge in [-0.1, -0.05) is 29.3 Å². The van der Waals surface area contributed by atoms with Crippen LogP contribution >= 0.6 is 23.2 Å². The molecule has 2 aromatic carbocycles. The van der Waals surface area contributed by atoms with Crippen molar-refractivity contribution in [1.82, 2.24) is 0 Å². The number of carbonyl (C=O) groups is 1. The molecule has 0 aliphatic rings. The van der Waals surface area contributed by atoms with Crippen LogP contribution < -0.4 is 15.0 Å². The lowest BCUT2D eigenvalue weighted by Crippen LogP contribution is -3.12. The smallest absolute Gasteiger partial charge is 0.282 e. The molecule has 0 aliphatic heterocycles. The second-order valence-corrected chi connectivity index (χ2v) is 6.62. The van der Waals surface area contributed by atoms with Crippen LogP contribution in [0.15, 0.2) is 36.4 Å². The zero-order valence-electron chi connectivity index (χ0n) is 14.2. The Kier molecular flexibility index (Phi) is 6.64. The molecular formula is C18H20Cl2FN2O2+. The minimum Gasteiger partial charge on any atom is -0.495 e. The number of hydrogen-bond donors (Lipinski definition) is 2. The van der Waals surface area contributed by atoms with Crippen molar-refractivity contribution < 1.29 is 18.8 Å². The molecule has 0 radical (unpaired) electrons. The summed E-state index contributed by atoms with van der Waals surface area (Å²) in [5, 5.41) is 3.64. The summed E-state index contributed by atoms with van der Waals surface area (Å²) in [5.41, 5.74) is 0.880. The molecule has 1 unspecified atom stereocenters. The lowest BCUT2D eigenvalue weighted by atomic mass is 10.1. The molecule has 2 N–H and O–H groups in total. The summed E-state index contributed by atoms with van der Waals surface area (Å²) >= 11 is 12.0. The van der Waals surface area contributed by atoms with Crippen LogP contribution in [0.4, 0.5) is 10.1 Å². The van der Waals surface area contributed by atoms with Crippen LogP contribution in [0, 0.1) is 5.82 Å². The SMILES string of the molecule is COc1ccc(Cl)cc1NC(=O)[C@@H](C)[NH+](C)Cc1c(F)cccc1Cl. The van der Waals surface area contributed by atoms with Crippen LogP contribution in [0.2, 0.25) is 10.0 Å². The molecule has 0 fully saturated rings. The van der Waals surface area contributed by atoms with Gasteiger partial charge in [-0.3, -0.25) is 4.79 Å². The first-order valence-corrected chi connectivity index (χ1v) is 8.48. The molecule has 1 amide bonds. The molecule has 7 heteroatoms. The van der Waals surface area contributed by atoms with E-state index in [9.17, 15) is 9.18 Å². The number of carbonyl (C=O) groups excluding carboxylic acids is 1. The zero-order chi connectivity index (χ0) is 18.6. The number of benzene rings is 2. The number of rotatable bonds is 6. The fraction of sp³-hybridized carbons (Fsp3) is 0.278. The standard InChI is InChI=1S/C18H19Cl2FN2O2/c1-11(23(2)10-13-14(20)5-4-6-15(13)21)18(24)22-16-9-12(19)7-8-17(16)25-3/h4-9,11H,10H2,1-3H3,(H,22,24)/p+1/t11-/m1/s1. The van der Waals surface area contributed by atoms with Crippen molar-refractivity contribution >= 4 is 34.8 Å². The minimum atomic E-state index is -0.445. The number of ether oxygens (including phenoxy) is 1. The number of anilines is 1. The lowest BCUT2D eigenvalue weighted by Gasteiger charge is -2.22. The lowest BCUT2D eigenvalue weighted by molar-refractivity contribution is -0.908. The molecule has 2 aromatic rings. The summed E-state index contributed by atoms with van der Waals surface area (Å²) in [5.74, 6) is -0.0961. The van der Waals surface area contributed by atoms with Gasteiger partial charge in [-0.05, 0) is 37.3 Å². The van der Waals surface area contributed by atoms with E-state index in [1.807, 2.05) is 7.05 Å². The Bertz CT molecular complexity index is 750. The quantitative estimate of drug-likeness (QED) is 0.801. The second kappa shape index (κ2) is 8.52. The number of halogens is 3. The van der Waals surface area contributed by atoms with Crippen LogP contribution in [0.5, 0.6) is 5.75 Å². The molecule has 2 rings (SSSR count). The average molecular weight is 386 g/mol. The number of quaternary nitrogens is 1. The molecule has 2 atom stereocenters. The first-order chi connectivity index (χ1) is 11.8. The zero-order valence-corrected chi connectivity index (χ0v) is 15.7. The van der Waals surface area contributed by atoms with Gasteiger partial charge in [0, 0.05) is 5.02 Å². The van der Waals surface area contributed by atoms with Gasteiger partial charge in [0.25, 0.3) is 5.91 Å². The van der Waals surface area contributed by atoms with Gasteiger partial charge in [-0.25, -0.2) is 4.39 Å². The average Bonchev–Trinajstić information content (AvgIpc) is 2.57. The van der Waals surface area contributed by atoms with E-state index < -0.39 is 6.04 Å². The Labute approximate surface area is 156 Å². The molecule has 0 spiro atoms. The molecule has 4 nitrogen and oxygen atoms in total. The van der Waals surface area contributed by atoms with Crippen molar-refractivity contribution in [1.29, 1.82) is 0 Å². The third-order valence-electron chi connectivity index (χ3n) is 4.07. The molecular weight excluding hydrogens is 366 g/mol. The maximum Gasteiger partial charge on any atom is 0.282 e. The van der Waals surface area contributed by atoms with Gasteiger partial charge in [0.1, 0.15) is 18.1 Å². The predicted molar refractivity (Wildman–Crippen MR) is 98.1 cm³/mol. The normalized spacial score (nSPS) is 13.2. The van der Waals surface area contributed by atoms with Crippen LogP contribution in [-0.4, -0.2) is 26.1 Å². The Morgan fingerprint density at radius 3 is 2.68 bits per heavy atom. The van der Waals surface area contributed by atoms with E-state index in [1.54, 1.807) is 37.3 Å². The van der Waals surface area contributed by atoms with E-state index >= 15 is 0 Å². The van der Waals surface area contributed by atoms with E-state index in [4.69, 9.17) is 27.9 Å². The first-order valence-electron chi connectivity index (χ1n) is 7.73. The molecule has 0 saturated carbocycles. The van der Waals surface area contributed by atoms with Crippen molar-refractivity contribution in [2.24, 2.45) is 0 Å². The maximum absolute atomic E-state index is 13.9. The Morgan fingerprint density at radius 1 is 1.32 bits per heavy atom. The van der Waals surface area contributed by atoms with E-state index in [1.165, 1.54) is 13.2 Å². The van der Waals surface area contributed by atoms with E-state index in [-0.39, 0.29) is 18.3 Å². The number of nitrogens with one attached hydrogen (secondary N) is 2. The minimum absolute atomic E-state index is 0.231. The monoisotopic (exact) mass is 385 g/mol. The third-order valence-corrected chi connectivity index (χ3v) is 4.66. The van der Waals surface area contributed by atoms with Crippen molar-refractivity contribution in [3.05, 3.63) is 57.8 Å². The van der Waals surface area contributed by atoms with Crippen molar-refractivity contribution in [3.63, 3.8) is 0 Å². The van der Waals surface area contributed by atoms with Gasteiger partial charge >= 0.3 is 0 Å². The summed E-state index contributed by atoms with van der Waals surface area (Å²) in [6.07, 6.45) is 0. The molecule has 0 saturated heterocycles. The molecule has 0 aliphatic carbocycles. The Morgan fingerprint density at radius 2 is 2.04 bits per heavy atom. The van der Waals surface area contributed by atoms with Crippen molar-refractivity contribution in [3.8, 4) is 5.75 Å². The van der Waals surface area contributed by atoms with Crippen molar-refractivity contribution in [2.45, 2.75) is 19.5 Å². The van der Waals surface area contributed by atoms with Crippen LogP contribution in [0.3, 0.4) is 0 Å². The molecule has 0 aromatic heterocycles. The van der Waals surface area contributed by atoms with Crippen LogP contribution in [-0.2, 0) is 11.3 Å². The van der Waals surface area contributed by atoms with Crippen molar-refractivity contribution in [2.75, 3.05) is 19.5 Å². The van der Waals surface area contributed by atoms with Gasteiger partial charge in [0.2, 0.25) is 0 Å². The summed E-state index contributed by atoms with van der Waals surface area (Å²) in [6.45, 7) is 2.04. The predicted octanol–water partition coefficient (Wildman–Crippen LogP) is 3.18. The van der Waals surface area contributed by atoms with Gasteiger partial charge in [0.05, 0.1) is 30.4 Å². The molecule has 25 heavy (non-hydrogen) atoms. The number of hydrogen-bond acceptors (Lipinski definition) is 2. The maximum atomic E-state index is 13.9. The van der Waals surface area contributed by atoms with Crippen LogP contribution in [0.1, 0.15) is 12.5 Å². The second-order valence-electron chi connectivity index (χ2n) is 5.78. The number of amides is 1. The first kappa shape index (κ1) is 19.5. The largest absolute Gasteiger partial charge is 0.495 e. The highest BCUT2D eigenvalue weighted by Crippen LogP contribution is 2.27. The number of methoxy groups -OCH3 is 1. The summed E-state index contributed by atoms with van der Waals surface area (Å²) in [4.78, 5) is 13.3. The summed E-state index contributed by atoms with van der Waals surface area (Å²) < 4.78 is 19.2. The van der Waals surface area contributed by atoms with Gasteiger partial charge in [-0.2, -0.15) is 0 Å². The van der Waals surface area contributed by atoms with Gasteiger partial charge < -0.3 is 15.0 Å². The highest BCUT2D eigenvalue weighted by atomic mass is 35.5. The molecule has 0 bridgehead atoms. The van der Waals surface area contributed by atoms with Gasteiger partial charge in [0.15, 0.2) is 6.04 Å². The highest BCUT2D eigenvalue weighted by Gasteiger charge is 2.24. The summed E-state index contributed by atoms with van der Waals surface area (Å²) in [6, 6.07) is 9.08. The van der Waals surface area contributed by atoms with Gasteiger partial charge in [-0.15, -0.1) is 0 Å². The Hall–Kier alpha value is -1.82. The van der Waals surface area contributed by atoms with E-state index in [0.717, 1.165) is 4.90 Å². The number of likely N-dealkylation sites (N-methyl/N-ethyl adjacent to an activating group) is 1.